The van der Waals surface area contributed by atoms with E-state index < -0.39 is 0 Å². The van der Waals surface area contributed by atoms with Crippen molar-refractivity contribution in [3.05, 3.63) is 42.2 Å². The number of hydrogen-bond acceptors (Lipinski definition) is 4. The molecular formula is C19H24N4O2. The van der Waals surface area contributed by atoms with E-state index in [1.165, 1.54) is 0 Å². The van der Waals surface area contributed by atoms with Crippen LogP contribution < -0.4 is 5.32 Å². The Morgan fingerprint density at radius 2 is 2.28 bits per heavy atom. The first-order valence-corrected chi connectivity index (χ1v) is 8.71. The maximum atomic E-state index is 12.5. The van der Waals surface area contributed by atoms with Crippen LogP contribution in [0.4, 0.5) is 0 Å². The summed E-state index contributed by atoms with van der Waals surface area (Å²) in [6.45, 7) is 6.72. The van der Waals surface area contributed by atoms with E-state index in [9.17, 15) is 4.79 Å². The van der Waals surface area contributed by atoms with Crippen molar-refractivity contribution in [3.8, 4) is 11.4 Å². The summed E-state index contributed by atoms with van der Waals surface area (Å²) in [5, 5.41) is 6.95. The van der Waals surface area contributed by atoms with Crippen molar-refractivity contribution < 1.29 is 9.63 Å². The van der Waals surface area contributed by atoms with Crippen LogP contribution in [0.25, 0.3) is 11.4 Å². The molecule has 2 heterocycles. The molecular weight excluding hydrogens is 316 g/mol. The number of imidazole rings is 1. The van der Waals surface area contributed by atoms with Gasteiger partial charge in [-0.1, -0.05) is 24.2 Å². The minimum atomic E-state index is -0.113. The molecule has 132 valence electrons. The van der Waals surface area contributed by atoms with Crippen molar-refractivity contribution in [2.75, 3.05) is 6.54 Å². The number of carbonyl (C=O) groups excluding carboxylic acids is 1. The Labute approximate surface area is 147 Å². The van der Waals surface area contributed by atoms with Gasteiger partial charge < -0.3 is 14.7 Å². The van der Waals surface area contributed by atoms with Crippen LogP contribution in [0.3, 0.4) is 0 Å². The molecule has 1 aromatic carbocycles. The molecule has 1 amide bonds. The van der Waals surface area contributed by atoms with Crippen LogP contribution in [0.15, 0.2) is 41.8 Å². The monoisotopic (exact) mass is 340 g/mol. The van der Waals surface area contributed by atoms with Gasteiger partial charge in [0.1, 0.15) is 11.9 Å². The van der Waals surface area contributed by atoms with Gasteiger partial charge in [0, 0.05) is 36.0 Å². The Morgan fingerprint density at radius 1 is 1.44 bits per heavy atom. The summed E-state index contributed by atoms with van der Waals surface area (Å²) in [5.41, 5.74) is 2.59. The van der Waals surface area contributed by atoms with Crippen molar-refractivity contribution in [1.82, 2.24) is 14.9 Å². The van der Waals surface area contributed by atoms with Gasteiger partial charge >= 0.3 is 0 Å². The SMILES string of the molecule is CCC1=NO[C@H](CNC(=O)c2cccc(-c3nccn3C(C)C)c2)C1. The first-order chi connectivity index (χ1) is 12.1. The fraction of sp³-hybridized carbons (Fsp3) is 0.421. The molecule has 0 unspecified atom stereocenters. The fourth-order valence-electron chi connectivity index (χ4n) is 2.87. The number of aromatic nitrogens is 2. The number of oxime groups is 1. The maximum absolute atomic E-state index is 12.5. The zero-order chi connectivity index (χ0) is 17.8. The molecule has 1 aliphatic rings. The van der Waals surface area contributed by atoms with Gasteiger partial charge in [-0.2, -0.15) is 0 Å². The molecule has 1 atom stereocenters. The first kappa shape index (κ1) is 17.2. The van der Waals surface area contributed by atoms with Gasteiger partial charge in [0.25, 0.3) is 5.91 Å². The molecule has 0 aliphatic carbocycles. The van der Waals surface area contributed by atoms with Gasteiger partial charge in [-0.15, -0.1) is 0 Å². The van der Waals surface area contributed by atoms with Crippen molar-refractivity contribution >= 4 is 11.6 Å². The normalized spacial score (nSPS) is 16.6. The second-order valence-corrected chi connectivity index (χ2v) is 6.49. The molecule has 3 rings (SSSR count). The van der Waals surface area contributed by atoms with Crippen LogP contribution in [0.2, 0.25) is 0 Å². The largest absolute Gasteiger partial charge is 0.390 e. The standard InChI is InChI=1S/C19H24N4O2/c1-4-16-11-17(25-22-16)12-21-19(24)15-7-5-6-14(10-15)18-20-8-9-23(18)13(2)3/h5-10,13,17H,4,11-12H2,1-3H3,(H,21,24)/t17-/m0/s1. The molecule has 0 bridgehead atoms. The summed E-state index contributed by atoms with van der Waals surface area (Å²) in [4.78, 5) is 22.2. The second kappa shape index (κ2) is 7.51. The number of nitrogens with zero attached hydrogens (tertiary/aromatic N) is 3. The molecule has 0 fully saturated rings. The Balaban J connectivity index is 1.67. The zero-order valence-electron chi connectivity index (χ0n) is 14.9. The Bertz CT molecular complexity index is 779. The number of carbonyl (C=O) groups is 1. The third-order valence-corrected chi connectivity index (χ3v) is 4.30. The van der Waals surface area contributed by atoms with Crippen LogP contribution in [0.5, 0.6) is 0 Å². The van der Waals surface area contributed by atoms with E-state index in [4.69, 9.17) is 4.84 Å². The van der Waals surface area contributed by atoms with Crippen LogP contribution in [0, 0.1) is 0 Å². The highest BCUT2D eigenvalue weighted by Gasteiger charge is 2.20. The molecule has 1 aromatic heterocycles. The number of rotatable bonds is 6. The Morgan fingerprint density at radius 3 is 3.00 bits per heavy atom. The van der Waals surface area contributed by atoms with Crippen molar-refractivity contribution in [2.45, 2.75) is 45.8 Å². The summed E-state index contributed by atoms with van der Waals surface area (Å²) in [7, 11) is 0. The lowest BCUT2D eigenvalue weighted by molar-refractivity contribution is 0.0753. The van der Waals surface area contributed by atoms with Crippen LogP contribution in [0.1, 0.15) is 50.0 Å². The third-order valence-electron chi connectivity index (χ3n) is 4.30. The van der Waals surface area contributed by atoms with Gasteiger partial charge in [-0.05, 0) is 32.4 Å². The summed E-state index contributed by atoms with van der Waals surface area (Å²) in [6.07, 6.45) is 5.33. The third kappa shape index (κ3) is 3.90. The number of benzene rings is 1. The topological polar surface area (TPSA) is 68.5 Å². The molecule has 0 saturated heterocycles. The van der Waals surface area contributed by atoms with E-state index in [1.54, 1.807) is 6.20 Å². The Kier molecular flexibility index (Phi) is 5.16. The van der Waals surface area contributed by atoms with E-state index in [0.717, 1.165) is 29.9 Å². The first-order valence-electron chi connectivity index (χ1n) is 8.71. The van der Waals surface area contributed by atoms with Gasteiger partial charge in [0.15, 0.2) is 0 Å². The highest BCUT2D eigenvalue weighted by Crippen LogP contribution is 2.22. The minimum absolute atomic E-state index is 0.0677. The number of amides is 1. The van der Waals surface area contributed by atoms with E-state index in [0.29, 0.717) is 18.2 Å². The van der Waals surface area contributed by atoms with Gasteiger partial charge in [0.2, 0.25) is 0 Å². The van der Waals surface area contributed by atoms with Crippen molar-refractivity contribution in [3.63, 3.8) is 0 Å². The molecule has 6 nitrogen and oxygen atoms in total. The van der Waals surface area contributed by atoms with E-state index in [2.05, 4.69) is 40.8 Å². The average molecular weight is 340 g/mol. The molecule has 6 heteroatoms. The summed E-state index contributed by atoms with van der Waals surface area (Å²) in [5.74, 6) is 0.753. The second-order valence-electron chi connectivity index (χ2n) is 6.49. The van der Waals surface area contributed by atoms with Gasteiger partial charge in [0.05, 0.1) is 12.3 Å². The lowest BCUT2D eigenvalue weighted by atomic mass is 10.1. The molecule has 0 spiro atoms. The Hall–Kier alpha value is -2.63. The lowest BCUT2D eigenvalue weighted by Crippen LogP contribution is -2.32. The number of nitrogens with one attached hydrogen (secondary N) is 1. The minimum Gasteiger partial charge on any atom is -0.390 e. The smallest absolute Gasteiger partial charge is 0.251 e. The highest BCUT2D eigenvalue weighted by atomic mass is 16.6. The molecule has 0 radical (unpaired) electrons. The summed E-state index contributed by atoms with van der Waals surface area (Å²) < 4.78 is 2.09. The van der Waals surface area contributed by atoms with Crippen molar-refractivity contribution in [1.29, 1.82) is 0 Å². The van der Waals surface area contributed by atoms with E-state index >= 15 is 0 Å². The molecule has 1 N–H and O–H groups in total. The molecule has 1 aliphatic heterocycles. The molecule has 0 saturated carbocycles. The molecule has 2 aromatic rings. The zero-order valence-corrected chi connectivity index (χ0v) is 14.9. The van der Waals surface area contributed by atoms with Gasteiger partial charge in [-0.25, -0.2) is 4.98 Å². The maximum Gasteiger partial charge on any atom is 0.251 e. The highest BCUT2D eigenvalue weighted by molar-refractivity contribution is 5.95. The summed E-state index contributed by atoms with van der Waals surface area (Å²) >= 11 is 0. The molecule has 25 heavy (non-hydrogen) atoms. The average Bonchev–Trinajstić information content (AvgIpc) is 3.29. The predicted molar refractivity (Wildman–Crippen MR) is 97.6 cm³/mol. The fourth-order valence-corrected chi connectivity index (χ4v) is 2.87. The summed E-state index contributed by atoms with van der Waals surface area (Å²) in [6, 6.07) is 7.85. The quantitative estimate of drug-likeness (QED) is 0.876. The van der Waals surface area contributed by atoms with Gasteiger partial charge in [-0.3, -0.25) is 4.79 Å². The predicted octanol–water partition coefficient (Wildman–Crippen LogP) is 3.42. The lowest BCUT2D eigenvalue weighted by Gasteiger charge is -2.13. The number of hydrogen-bond donors (Lipinski definition) is 1. The van der Waals surface area contributed by atoms with Crippen LogP contribution in [-0.4, -0.2) is 33.8 Å². The van der Waals surface area contributed by atoms with E-state index in [-0.39, 0.29) is 12.0 Å². The van der Waals surface area contributed by atoms with E-state index in [1.807, 2.05) is 30.5 Å². The van der Waals surface area contributed by atoms with Crippen molar-refractivity contribution in [2.24, 2.45) is 5.16 Å². The van der Waals surface area contributed by atoms with Crippen LogP contribution in [-0.2, 0) is 4.84 Å². The van der Waals surface area contributed by atoms with Crippen LogP contribution >= 0.6 is 0 Å².